The fourth-order valence-corrected chi connectivity index (χ4v) is 2.45. The summed E-state index contributed by atoms with van der Waals surface area (Å²) in [5, 5.41) is 8.13. The predicted molar refractivity (Wildman–Crippen MR) is 68.6 cm³/mol. The third-order valence-corrected chi connectivity index (χ3v) is 3.32. The van der Waals surface area contributed by atoms with Crippen LogP contribution in [-0.4, -0.2) is 19.0 Å². The normalized spacial score (nSPS) is 12.8. The van der Waals surface area contributed by atoms with E-state index in [-0.39, 0.29) is 11.9 Å². The lowest BCUT2D eigenvalue weighted by molar-refractivity contribution is -0.121. The lowest BCUT2D eigenvalue weighted by Gasteiger charge is -2.21. The Balaban J connectivity index is 2.56. The number of nitrogens with one attached hydrogen (secondary N) is 2. The molecule has 2 N–H and O–H groups in total. The fraction of sp³-hybridized carbons (Fsp3) is 0.583. The van der Waals surface area contributed by atoms with E-state index in [9.17, 15) is 4.79 Å². The monoisotopic (exact) mass is 240 g/mol. The van der Waals surface area contributed by atoms with Gasteiger partial charge in [0.05, 0.1) is 12.6 Å². The number of rotatable bonds is 6. The number of likely N-dealkylation sites (N-methyl/N-ethyl adjacent to an activating group) is 1. The molecule has 0 radical (unpaired) electrons. The van der Waals surface area contributed by atoms with Crippen molar-refractivity contribution in [2.24, 2.45) is 5.92 Å². The van der Waals surface area contributed by atoms with Crippen molar-refractivity contribution in [3.63, 3.8) is 0 Å². The van der Waals surface area contributed by atoms with E-state index in [1.165, 1.54) is 4.88 Å². The quantitative estimate of drug-likeness (QED) is 0.800. The highest BCUT2D eigenvalue weighted by Gasteiger charge is 2.18. The summed E-state index contributed by atoms with van der Waals surface area (Å²) in [6.07, 6.45) is 0. The van der Waals surface area contributed by atoms with E-state index in [1.807, 2.05) is 18.4 Å². The highest BCUT2D eigenvalue weighted by molar-refractivity contribution is 7.10. The highest BCUT2D eigenvalue weighted by Crippen LogP contribution is 2.25. The first-order chi connectivity index (χ1) is 7.65. The molecule has 1 aromatic rings. The summed E-state index contributed by atoms with van der Waals surface area (Å²) < 4.78 is 0. The van der Waals surface area contributed by atoms with Crippen LogP contribution in [0.25, 0.3) is 0 Å². The maximum Gasteiger partial charge on any atom is 0.234 e. The number of hydrogen-bond acceptors (Lipinski definition) is 3. The molecule has 0 aliphatic carbocycles. The summed E-state index contributed by atoms with van der Waals surface area (Å²) in [7, 11) is 0. The Bertz CT molecular complexity index is 309. The topological polar surface area (TPSA) is 41.1 Å². The van der Waals surface area contributed by atoms with Crippen LogP contribution >= 0.6 is 11.3 Å². The van der Waals surface area contributed by atoms with E-state index in [0.29, 0.717) is 12.5 Å². The highest BCUT2D eigenvalue weighted by atomic mass is 32.1. The first kappa shape index (κ1) is 13.2. The summed E-state index contributed by atoms with van der Waals surface area (Å²) in [5.41, 5.74) is 0. The van der Waals surface area contributed by atoms with Gasteiger partial charge in [-0.25, -0.2) is 0 Å². The zero-order chi connectivity index (χ0) is 12.0. The molecular formula is C12H20N2OS. The molecule has 0 aliphatic rings. The van der Waals surface area contributed by atoms with Crippen molar-refractivity contribution in [1.29, 1.82) is 0 Å². The molecule has 16 heavy (non-hydrogen) atoms. The molecule has 0 bridgehead atoms. The van der Waals surface area contributed by atoms with Gasteiger partial charge < -0.3 is 10.6 Å². The van der Waals surface area contributed by atoms with Gasteiger partial charge in [-0.3, -0.25) is 4.79 Å². The largest absolute Gasteiger partial charge is 0.347 e. The van der Waals surface area contributed by atoms with Crippen LogP contribution in [0.1, 0.15) is 31.7 Å². The van der Waals surface area contributed by atoms with Crippen molar-refractivity contribution in [3.8, 4) is 0 Å². The number of hydrogen-bond donors (Lipinski definition) is 2. The van der Waals surface area contributed by atoms with Gasteiger partial charge in [-0.15, -0.1) is 11.3 Å². The lowest BCUT2D eigenvalue weighted by atomic mass is 10.0. The van der Waals surface area contributed by atoms with Crippen molar-refractivity contribution in [3.05, 3.63) is 22.4 Å². The molecule has 0 saturated heterocycles. The molecule has 0 spiro atoms. The molecule has 0 saturated carbocycles. The Morgan fingerprint density at radius 2 is 2.25 bits per heavy atom. The van der Waals surface area contributed by atoms with Gasteiger partial charge >= 0.3 is 0 Å². The van der Waals surface area contributed by atoms with Crippen LogP contribution in [0.4, 0.5) is 0 Å². The van der Waals surface area contributed by atoms with Crippen molar-refractivity contribution >= 4 is 17.2 Å². The Labute approximate surface area is 101 Å². The van der Waals surface area contributed by atoms with Crippen LogP contribution in [0.5, 0.6) is 0 Å². The van der Waals surface area contributed by atoms with E-state index in [2.05, 4.69) is 30.5 Å². The van der Waals surface area contributed by atoms with E-state index < -0.39 is 0 Å². The average molecular weight is 240 g/mol. The van der Waals surface area contributed by atoms with Gasteiger partial charge in [0.15, 0.2) is 0 Å². The standard InChI is InChI=1S/C12H20N2OS/c1-4-13-8-11(15)14-12(9(2)3)10-6-5-7-16-10/h5-7,9,12-13H,4,8H2,1-3H3,(H,14,15). The third kappa shape index (κ3) is 3.94. The van der Waals surface area contributed by atoms with Gasteiger partial charge in [0.25, 0.3) is 0 Å². The maximum atomic E-state index is 11.6. The number of carbonyl (C=O) groups excluding carboxylic acids is 1. The minimum Gasteiger partial charge on any atom is -0.347 e. The second-order valence-electron chi connectivity index (χ2n) is 4.08. The minimum atomic E-state index is 0.0638. The number of thiophene rings is 1. The predicted octanol–water partition coefficient (Wildman–Crippen LogP) is 2.17. The fourth-order valence-electron chi connectivity index (χ4n) is 1.50. The lowest BCUT2D eigenvalue weighted by Crippen LogP contribution is -2.37. The smallest absolute Gasteiger partial charge is 0.234 e. The van der Waals surface area contributed by atoms with Crippen LogP contribution in [0.2, 0.25) is 0 Å². The Morgan fingerprint density at radius 3 is 2.75 bits per heavy atom. The molecule has 0 fully saturated rings. The molecule has 1 amide bonds. The molecule has 1 unspecified atom stereocenters. The molecule has 90 valence electrons. The molecule has 1 heterocycles. The SMILES string of the molecule is CCNCC(=O)NC(c1cccs1)C(C)C. The molecule has 0 aliphatic heterocycles. The summed E-state index contributed by atoms with van der Waals surface area (Å²) in [4.78, 5) is 12.9. The summed E-state index contributed by atoms with van der Waals surface area (Å²) >= 11 is 1.69. The van der Waals surface area contributed by atoms with E-state index in [1.54, 1.807) is 11.3 Å². The van der Waals surface area contributed by atoms with Crippen molar-refractivity contribution < 1.29 is 4.79 Å². The van der Waals surface area contributed by atoms with Crippen LogP contribution in [0.3, 0.4) is 0 Å². The van der Waals surface area contributed by atoms with Gasteiger partial charge in [-0.05, 0) is 23.9 Å². The van der Waals surface area contributed by atoms with Crippen LogP contribution in [0.15, 0.2) is 17.5 Å². The average Bonchev–Trinajstić information content (AvgIpc) is 2.75. The van der Waals surface area contributed by atoms with Gasteiger partial charge in [-0.2, -0.15) is 0 Å². The molecule has 3 nitrogen and oxygen atoms in total. The second-order valence-corrected chi connectivity index (χ2v) is 5.06. The van der Waals surface area contributed by atoms with Crippen LogP contribution < -0.4 is 10.6 Å². The Hall–Kier alpha value is -0.870. The Morgan fingerprint density at radius 1 is 1.50 bits per heavy atom. The van der Waals surface area contributed by atoms with Crippen LogP contribution in [0, 0.1) is 5.92 Å². The van der Waals surface area contributed by atoms with Crippen molar-refractivity contribution in [2.75, 3.05) is 13.1 Å². The number of carbonyl (C=O) groups is 1. The van der Waals surface area contributed by atoms with Gasteiger partial charge in [0.1, 0.15) is 0 Å². The van der Waals surface area contributed by atoms with Crippen molar-refractivity contribution in [2.45, 2.75) is 26.8 Å². The van der Waals surface area contributed by atoms with E-state index in [0.717, 1.165) is 6.54 Å². The van der Waals surface area contributed by atoms with E-state index in [4.69, 9.17) is 0 Å². The van der Waals surface area contributed by atoms with Gasteiger partial charge in [0.2, 0.25) is 5.91 Å². The Kier molecular flexibility index (Phi) is 5.49. The van der Waals surface area contributed by atoms with Crippen molar-refractivity contribution in [1.82, 2.24) is 10.6 Å². The number of amides is 1. The first-order valence-electron chi connectivity index (χ1n) is 5.68. The summed E-state index contributed by atoms with van der Waals surface area (Å²) in [6.45, 7) is 7.45. The summed E-state index contributed by atoms with van der Waals surface area (Å²) in [6, 6.07) is 4.22. The van der Waals surface area contributed by atoms with E-state index >= 15 is 0 Å². The van der Waals surface area contributed by atoms with Gasteiger partial charge in [-0.1, -0.05) is 26.8 Å². The van der Waals surface area contributed by atoms with Gasteiger partial charge in [0, 0.05) is 4.88 Å². The minimum absolute atomic E-state index is 0.0638. The zero-order valence-corrected chi connectivity index (χ0v) is 10.9. The second kappa shape index (κ2) is 6.66. The maximum absolute atomic E-state index is 11.6. The molecule has 1 aromatic heterocycles. The molecule has 0 aromatic carbocycles. The molecule has 4 heteroatoms. The molecule has 1 rings (SSSR count). The molecule has 1 atom stereocenters. The molecular weight excluding hydrogens is 220 g/mol. The third-order valence-electron chi connectivity index (χ3n) is 2.37. The van der Waals surface area contributed by atoms with Crippen LogP contribution in [-0.2, 0) is 4.79 Å². The zero-order valence-electron chi connectivity index (χ0n) is 10.1. The summed E-state index contributed by atoms with van der Waals surface area (Å²) in [5.74, 6) is 0.471. The first-order valence-corrected chi connectivity index (χ1v) is 6.56.